The van der Waals surface area contributed by atoms with Gasteiger partial charge < -0.3 is 14.8 Å². The lowest BCUT2D eigenvalue weighted by Gasteiger charge is -2.26. The van der Waals surface area contributed by atoms with Crippen LogP contribution in [0.3, 0.4) is 0 Å². The highest BCUT2D eigenvalue weighted by Gasteiger charge is 2.20. The number of carbonyl (C=O) groups excluding carboxylic acids is 1. The first-order chi connectivity index (χ1) is 10.3. The van der Waals surface area contributed by atoms with Crippen molar-refractivity contribution in [1.82, 2.24) is 5.32 Å². The monoisotopic (exact) mass is 303 g/mol. The van der Waals surface area contributed by atoms with Crippen molar-refractivity contribution < 1.29 is 14.3 Å². The minimum absolute atomic E-state index is 0.0471. The summed E-state index contributed by atoms with van der Waals surface area (Å²) in [5, 5.41) is 4.93. The Morgan fingerprint density at radius 1 is 1.24 bits per heavy atom. The molecule has 21 heavy (non-hydrogen) atoms. The fourth-order valence-electron chi connectivity index (χ4n) is 2.17. The van der Waals surface area contributed by atoms with Gasteiger partial charge in [-0.05, 0) is 30.0 Å². The molecule has 1 atom stereocenters. The summed E-state index contributed by atoms with van der Waals surface area (Å²) >= 11 is 1.68. The zero-order chi connectivity index (χ0) is 14.5. The number of hydrogen-bond acceptors (Lipinski definition) is 4. The second kappa shape index (κ2) is 6.63. The van der Waals surface area contributed by atoms with Gasteiger partial charge in [0.2, 0.25) is 5.91 Å². The van der Waals surface area contributed by atoms with E-state index in [1.807, 2.05) is 41.8 Å². The van der Waals surface area contributed by atoms with Gasteiger partial charge in [0.25, 0.3) is 0 Å². The summed E-state index contributed by atoms with van der Waals surface area (Å²) in [4.78, 5) is 13.1. The zero-order valence-electron chi connectivity index (χ0n) is 11.6. The summed E-state index contributed by atoms with van der Waals surface area (Å²) in [6.07, 6.45) is 1.16. The van der Waals surface area contributed by atoms with Crippen LogP contribution in [0, 0.1) is 0 Å². The van der Waals surface area contributed by atoms with E-state index >= 15 is 0 Å². The quantitative estimate of drug-likeness (QED) is 0.923. The predicted molar refractivity (Wildman–Crippen MR) is 82.0 cm³/mol. The number of ether oxygens (including phenoxy) is 2. The van der Waals surface area contributed by atoms with Crippen LogP contribution in [-0.2, 0) is 11.2 Å². The van der Waals surface area contributed by atoms with Crippen LogP contribution < -0.4 is 14.8 Å². The fourth-order valence-corrected chi connectivity index (χ4v) is 2.88. The Morgan fingerprint density at radius 3 is 2.90 bits per heavy atom. The van der Waals surface area contributed by atoms with Crippen LogP contribution in [0.15, 0.2) is 41.8 Å². The molecule has 5 heteroatoms. The summed E-state index contributed by atoms with van der Waals surface area (Å²) in [5.41, 5.74) is 0. The van der Waals surface area contributed by atoms with Crippen molar-refractivity contribution in [3.63, 3.8) is 0 Å². The lowest BCUT2D eigenvalue weighted by atomic mass is 10.2. The van der Waals surface area contributed by atoms with E-state index in [0.717, 1.165) is 17.9 Å². The van der Waals surface area contributed by atoms with Gasteiger partial charge in [-0.25, -0.2) is 0 Å². The van der Waals surface area contributed by atoms with Gasteiger partial charge in [-0.15, -0.1) is 11.3 Å². The average Bonchev–Trinajstić information content (AvgIpc) is 3.04. The molecular formula is C16H17NO3S. The molecule has 0 radical (unpaired) electrons. The molecule has 110 valence electrons. The molecule has 1 N–H and O–H groups in total. The summed E-state index contributed by atoms with van der Waals surface area (Å²) in [6, 6.07) is 11.6. The SMILES string of the molecule is O=C(CCc1cccs1)NC[C@H]1COc2ccccc2O1. The van der Waals surface area contributed by atoms with Gasteiger partial charge in [0, 0.05) is 11.3 Å². The number of nitrogens with one attached hydrogen (secondary N) is 1. The van der Waals surface area contributed by atoms with Crippen LogP contribution in [0.4, 0.5) is 0 Å². The maximum absolute atomic E-state index is 11.8. The van der Waals surface area contributed by atoms with E-state index in [-0.39, 0.29) is 12.0 Å². The van der Waals surface area contributed by atoms with Crippen LogP contribution in [-0.4, -0.2) is 25.2 Å². The Balaban J connectivity index is 1.42. The number of amides is 1. The van der Waals surface area contributed by atoms with Gasteiger partial charge >= 0.3 is 0 Å². The molecule has 0 spiro atoms. The van der Waals surface area contributed by atoms with E-state index < -0.39 is 0 Å². The number of para-hydroxylation sites is 2. The maximum atomic E-state index is 11.8. The van der Waals surface area contributed by atoms with Crippen molar-refractivity contribution >= 4 is 17.2 Å². The van der Waals surface area contributed by atoms with Crippen molar-refractivity contribution in [3.8, 4) is 11.5 Å². The normalized spacial score (nSPS) is 16.5. The highest BCUT2D eigenvalue weighted by atomic mass is 32.1. The van der Waals surface area contributed by atoms with Gasteiger partial charge in [-0.3, -0.25) is 4.79 Å². The first kappa shape index (κ1) is 13.9. The molecule has 4 nitrogen and oxygen atoms in total. The molecule has 3 rings (SSSR count). The van der Waals surface area contributed by atoms with Gasteiger partial charge in [-0.1, -0.05) is 18.2 Å². The van der Waals surface area contributed by atoms with Crippen molar-refractivity contribution in [3.05, 3.63) is 46.7 Å². The van der Waals surface area contributed by atoms with E-state index in [1.165, 1.54) is 4.88 Å². The lowest BCUT2D eigenvalue weighted by Crippen LogP contribution is -2.40. The molecule has 0 saturated heterocycles. The molecule has 0 saturated carbocycles. The number of rotatable bonds is 5. The third-order valence-electron chi connectivity index (χ3n) is 3.27. The number of aryl methyl sites for hydroxylation is 1. The van der Waals surface area contributed by atoms with Crippen molar-refractivity contribution in [1.29, 1.82) is 0 Å². The van der Waals surface area contributed by atoms with E-state index in [2.05, 4.69) is 5.32 Å². The summed E-state index contributed by atoms with van der Waals surface area (Å²) in [6.45, 7) is 0.930. The van der Waals surface area contributed by atoms with Crippen molar-refractivity contribution in [2.24, 2.45) is 0 Å². The Labute approximate surface area is 127 Å². The fraction of sp³-hybridized carbons (Fsp3) is 0.312. The van der Waals surface area contributed by atoms with E-state index in [4.69, 9.17) is 9.47 Å². The first-order valence-corrected chi connectivity index (χ1v) is 7.87. The molecule has 1 amide bonds. The summed E-state index contributed by atoms with van der Waals surface area (Å²) in [7, 11) is 0. The van der Waals surface area contributed by atoms with Gasteiger partial charge in [-0.2, -0.15) is 0 Å². The molecular weight excluding hydrogens is 286 g/mol. The Kier molecular flexibility index (Phi) is 4.40. The first-order valence-electron chi connectivity index (χ1n) is 6.99. The van der Waals surface area contributed by atoms with Crippen LogP contribution in [0.5, 0.6) is 11.5 Å². The second-order valence-electron chi connectivity index (χ2n) is 4.88. The van der Waals surface area contributed by atoms with E-state index in [1.54, 1.807) is 11.3 Å². The minimum Gasteiger partial charge on any atom is -0.486 e. The minimum atomic E-state index is -0.134. The van der Waals surface area contributed by atoms with Gasteiger partial charge in [0.1, 0.15) is 12.7 Å². The van der Waals surface area contributed by atoms with Crippen LogP contribution in [0.1, 0.15) is 11.3 Å². The molecule has 2 heterocycles. The van der Waals surface area contributed by atoms with E-state index in [0.29, 0.717) is 19.6 Å². The molecule has 1 aromatic carbocycles. The molecule has 0 bridgehead atoms. The molecule has 1 aliphatic heterocycles. The highest BCUT2D eigenvalue weighted by Crippen LogP contribution is 2.30. The number of thiophene rings is 1. The maximum Gasteiger partial charge on any atom is 0.220 e. The smallest absolute Gasteiger partial charge is 0.220 e. The van der Waals surface area contributed by atoms with Crippen LogP contribution in [0.2, 0.25) is 0 Å². The summed E-state index contributed by atoms with van der Waals surface area (Å²) in [5.74, 6) is 1.55. The number of hydrogen-bond donors (Lipinski definition) is 1. The third-order valence-corrected chi connectivity index (χ3v) is 4.21. The predicted octanol–water partition coefficient (Wildman–Crippen LogP) is 2.64. The highest BCUT2D eigenvalue weighted by molar-refractivity contribution is 7.09. The van der Waals surface area contributed by atoms with Gasteiger partial charge in [0.15, 0.2) is 11.5 Å². The number of fused-ring (bicyclic) bond motifs is 1. The third kappa shape index (κ3) is 3.76. The molecule has 2 aromatic rings. The number of benzene rings is 1. The second-order valence-corrected chi connectivity index (χ2v) is 5.91. The topological polar surface area (TPSA) is 47.6 Å². The van der Waals surface area contributed by atoms with E-state index in [9.17, 15) is 4.79 Å². The molecule has 0 unspecified atom stereocenters. The Bertz CT molecular complexity index is 597. The zero-order valence-corrected chi connectivity index (χ0v) is 12.4. The number of carbonyl (C=O) groups is 1. The largest absolute Gasteiger partial charge is 0.486 e. The lowest BCUT2D eigenvalue weighted by molar-refractivity contribution is -0.121. The average molecular weight is 303 g/mol. The van der Waals surface area contributed by atoms with Gasteiger partial charge in [0.05, 0.1) is 6.54 Å². The molecule has 1 aliphatic rings. The molecule has 1 aromatic heterocycles. The van der Waals surface area contributed by atoms with Crippen molar-refractivity contribution in [2.75, 3.05) is 13.2 Å². The Hall–Kier alpha value is -2.01. The molecule has 0 aliphatic carbocycles. The van der Waals surface area contributed by atoms with Crippen LogP contribution in [0.25, 0.3) is 0 Å². The van der Waals surface area contributed by atoms with Crippen molar-refractivity contribution in [2.45, 2.75) is 18.9 Å². The molecule has 0 fully saturated rings. The Morgan fingerprint density at radius 2 is 2.10 bits per heavy atom. The standard InChI is InChI=1S/C16H17NO3S/c18-16(8-7-13-4-3-9-21-13)17-10-12-11-19-14-5-1-2-6-15(14)20-12/h1-6,9,12H,7-8,10-11H2,(H,17,18)/t12-/m0/s1. The summed E-state index contributed by atoms with van der Waals surface area (Å²) < 4.78 is 11.4. The van der Waals surface area contributed by atoms with Crippen LogP contribution >= 0.6 is 11.3 Å².